The molecule has 1 amide bonds. The van der Waals surface area contributed by atoms with Crippen LogP contribution in [0, 0.1) is 5.82 Å². The maximum Gasteiger partial charge on any atom is 0.301 e. The van der Waals surface area contributed by atoms with Crippen molar-refractivity contribution in [1.29, 1.82) is 0 Å². The highest BCUT2D eigenvalue weighted by Crippen LogP contribution is 2.47. The van der Waals surface area contributed by atoms with Crippen LogP contribution in [-0.2, 0) is 15.3 Å². The molecule has 1 aliphatic heterocycles. The predicted octanol–water partition coefficient (Wildman–Crippen LogP) is 5.47. The molecule has 1 fully saturated rings. The summed E-state index contributed by atoms with van der Waals surface area (Å²) in [5.74, 6) is -2.10. The summed E-state index contributed by atoms with van der Waals surface area (Å²) in [6, 6.07) is 11.0. The highest BCUT2D eigenvalue weighted by Gasteiger charge is 2.48. The number of nitrogens with zero attached hydrogens (tertiary/aromatic N) is 4. The number of carbonyl (C=O) groups excluding carboxylic acids is 2. The van der Waals surface area contributed by atoms with Crippen molar-refractivity contribution in [2.24, 2.45) is 0 Å². The molecule has 4 aromatic rings. The fraction of sp³-hybridized carbons (Fsp3) is 0.115. The molecular formula is C26H18BrFN4O5S2. The van der Waals surface area contributed by atoms with Crippen LogP contribution in [0.4, 0.5) is 9.52 Å². The largest absolute Gasteiger partial charge is 0.507 e. The number of rotatable bonds is 7. The number of hydrogen-bond acceptors (Lipinski definition) is 10. The van der Waals surface area contributed by atoms with Gasteiger partial charge < -0.3 is 14.9 Å². The lowest BCUT2D eigenvalue weighted by Gasteiger charge is -2.23. The number of aromatic hydroxyl groups is 1. The van der Waals surface area contributed by atoms with E-state index in [1.807, 2.05) is 0 Å². The minimum absolute atomic E-state index is 0.0988. The van der Waals surface area contributed by atoms with Crippen molar-refractivity contribution in [1.82, 2.24) is 15.2 Å². The van der Waals surface area contributed by atoms with Crippen LogP contribution < -0.4 is 9.64 Å². The van der Waals surface area contributed by atoms with Crippen LogP contribution >= 0.6 is 39.0 Å². The number of pyridine rings is 1. The van der Waals surface area contributed by atoms with Gasteiger partial charge in [-0.05, 0) is 63.5 Å². The maximum atomic E-state index is 13.4. The third kappa shape index (κ3) is 5.24. The van der Waals surface area contributed by atoms with Gasteiger partial charge in [0.2, 0.25) is 5.13 Å². The Bertz CT molecular complexity index is 1600. The Kier molecular flexibility index (Phi) is 7.64. The summed E-state index contributed by atoms with van der Waals surface area (Å²) < 4.78 is 19.3. The van der Waals surface area contributed by atoms with E-state index >= 15 is 0 Å². The van der Waals surface area contributed by atoms with Crippen LogP contribution in [0.15, 0.2) is 75.3 Å². The topological polar surface area (TPSA) is 126 Å². The number of ether oxygens (including phenoxy) is 1. The average molecular weight is 629 g/mol. The number of ketones is 1. The zero-order valence-corrected chi connectivity index (χ0v) is 23.3. The smallest absolute Gasteiger partial charge is 0.301 e. The lowest BCUT2D eigenvalue weighted by Crippen LogP contribution is -2.29. The Morgan fingerprint density at radius 1 is 1.15 bits per heavy atom. The summed E-state index contributed by atoms with van der Waals surface area (Å²) in [5.41, 5.74) is 1.38. The third-order valence-electron chi connectivity index (χ3n) is 5.86. The molecule has 0 bridgehead atoms. The number of carbonyl (C=O) groups is 2. The number of aliphatic hydroxyl groups is 1. The molecule has 0 saturated carbocycles. The van der Waals surface area contributed by atoms with Crippen molar-refractivity contribution in [2.45, 2.75) is 16.1 Å². The Morgan fingerprint density at radius 2 is 1.87 bits per heavy atom. The van der Waals surface area contributed by atoms with Gasteiger partial charge in [-0.2, -0.15) is 0 Å². The molecule has 0 radical (unpaired) electrons. The molecule has 0 spiro atoms. The second-order valence-electron chi connectivity index (χ2n) is 8.22. The number of amides is 1. The summed E-state index contributed by atoms with van der Waals surface area (Å²) in [4.78, 5) is 31.8. The summed E-state index contributed by atoms with van der Waals surface area (Å²) in [6.45, 7) is 0. The van der Waals surface area contributed by atoms with Crippen molar-refractivity contribution in [3.8, 4) is 11.5 Å². The van der Waals surface area contributed by atoms with Gasteiger partial charge >= 0.3 is 5.91 Å². The van der Waals surface area contributed by atoms with Gasteiger partial charge in [0, 0.05) is 23.7 Å². The van der Waals surface area contributed by atoms with Crippen LogP contribution in [0.25, 0.3) is 5.76 Å². The maximum absolute atomic E-state index is 13.4. The Balaban J connectivity index is 1.58. The second kappa shape index (κ2) is 11.1. The SMILES string of the molecule is COc1cc(C2/C(=C(\O)c3ccncc3)C(=O)C(=O)N2c2nnc(SCc3ccc(F)cc3)s2)cc(Br)c1O. The molecule has 2 aromatic carbocycles. The standard InChI is InChI=1S/C26H18BrFN4O5S2/c1-37-18-11-15(10-17(27)22(18)34)20-19(21(33)14-6-8-29-9-7-14)23(35)24(36)32(20)25-30-31-26(39-25)38-12-13-2-4-16(28)5-3-13/h2-11,20,33-34H,12H2,1H3/b21-19+. The lowest BCUT2D eigenvalue weighted by atomic mass is 9.95. The minimum atomic E-state index is -1.10. The number of Topliss-reactive ketones (excluding diaryl/α,β-unsaturated/α-hetero) is 1. The summed E-state index contributed by atoms with van der Waals surface area (Å²) in [7, 11) is 1.37. The highest BCUT2D eigenvalue weighted by atomic mass is 79.9. The van der Waals surface area contributed by atoms with E-state index in [0.717, 1.165) is 16.9 Å². The number of halogens is 2. The number of thioether (sulfide) groups is 1. The van der Waals surface area contributed by atoms with Gasteiger partial charge in [0.05, 0.1) is 23.2 Å². The molecule has 5 rings (SSSR count). The van der Waals surface area contributed by atoms with Gasteiger partial charge in [0.25, 0.3) is 5.78 Å². The molecule has 1 saturated heterocycles. The number of phenolic OH excluding ortho intramolecular Hbond substituents is 1. The molecular weight excluding hydrogens is 611 g/mol. The monoisotopic (exact) mass is 628 g/mol. The van der Waals surface area contributed by atoms with Crippen LogP contribution in [0.5, 0.6) is 11.5 Å². The van der Waals surface area contributed by atoms with E-state index < -0.39 is 17.7 Å². The highest BCUT2D eigenvalue weighted by molar-refractivity contribution is 9.10. The molecule has 1 atom stereocenters. The van der Waals surface area contributed by atoms with Crippen LogP contribution in [0.3, 0.4) is 0 Å². The number of aromatic nitrogens is 3. The number of hydrogen-bond donors (Lipinski definition) is 2. The molecule has 3 heterocycles. The van der Waals surface area contributed by atoms with E-state index in [4.69, 9.17) is 4.74 Å². The molecule has 39 heavy (non-hydrogen) atoms. The van der Waals surface area contributed by atoms with Crippen LogP contribution in [0.2, 0.25) is 0 Å². The molecule has 198 valence electrons. The van der Waals surface area contributed by atoms with Gasteiger partial charge in [0.15, 0.2) is 15.8 Å². The summed E-state index contributed by atoms with van der Waals surface area (Å²) in [5, 5.41) is 30.0. The van der Waals surface area contributed by atoms with Gasteiger partial charge in [-0.15, -0.1) is 10.2 Å². The number of methoxy groups -OCH3 is 1. The molecule has 1 aliphatic rings. The number of phenols is 1. The first-order chi connectivity index (χ1) is 18.8. The molecule has 13 heteroatoms. The van der Waals surface area contributed by atoms with Crippen LogP contribution in [0.1, 0.15) is 22.7 Å². The number of benzene rings is 2. The first-order valence-electron chi connectivity index (χ1n) is 11.3. The van der Waals surface area contributed by atoms with E-state index in [1.165, 1.54) is 72.6 Å². The Morgan fingerprint density at radius 3 is 2.56 bits per heavy atom. The van der Waals surface area contributed by atoms with Crippen molar-refractivity contribution in [2.75, 3.05) is 12.0 Å². The van der Waals surface area contributed by atoms with Crippen molar-refractivity contribution < 1.29 is 28.9 Å². The van der Waals surface area contributed by atoms with Crippen molar-refractivity contribution in [3.05, 3.63) is 93.5 Å². The van der Waals surface area contributed by atoms with Crippen molar-refractivity contribution in [3.63, 3.8) is 0 Å². The fourth-order valence-electron chi connectivity index (χ4n) is 4.00. The number of aliphatic hydroxyl groups excluding tert-OH is 1. The van der Waals surface area contributed by atoms with E-state index in [1.54, 1.807) is 12.1 Å². The van der Waals surface area contributed by atoms with E-state index in [-0.39, 0.29) is 38.3 Å². The molecule has 0 aliphatic carbocycles. The van der Waals surface area contributed by atoms with Crippen LogP contribution in [-0.4, -0.2) is 44.2 Å². The predicted molar refractivity (Wildman–Crippen MR) is 147 cm³/mol. The number of anilines is 1. The van der Waals surface area contributed by atoms with Gasteiger partial charge in [-0.3, -0.25) is 19.5 Å². The second-order valence-corrected chi connectivity index (χ2v) is 11.3. The van der Waals surface area contributed by atoms with Gasteiger partial charge in [-0.25, -0.2) is 4.39 Å². The summed E-state index contributed by atoms with van der Waals surface area (Å²) in [6.07, 6.45) is 2.91. The normalized spacial score (nSPS) is 16.6. The lowest BCUT2D eigenvalue weighted by molar-refractivity contribution is -0.132. The average Bonchev–Trinajstić information content (AvgIpc) is 3.52. The minimum Gasteiger partial charge on any atom is -0.507 e. The zero-order chi connectivity index (χ0) is 27.7. The van der Waals surface area contributed by atoms with Gasteiger partial charge in [0.1, 0.15) is 11.6 Å². The third-order valence-corrected chi connectivity index (χ3v) is 8.59. The molecule has 2 N–H and O–H groups in total. The first-order valence-corrected chi connectivity index (χ1v) is 13.9. The molecule has 2 aromatic heterocycles. The van der Waals surface area contributed by atoms with E-state index in [9.17, 15) is 24.2 Å². The van der Waals surface area contributed by atoms with Gasteiger partial charge in [-0.1, -0.05) is 35.2 Å². The van der Waals surface area contributed by atoms with Crippen molar-refractivity contribution >= 4 is 61.6 Å². The first kappa shape index (κ1) is 26.8. The molecule has 9 nitrogen and oxygen atoms in total. The Labute approximate surface area is 238 Å². The fourth-order valence-corrected chi connectivity index (χ4v) is 6.28. The van der Waals surface area contributed by atoms with E-state index in [0.29, 0.717) is 21.2 Å². The molecule has 1 unspecified atom stereocenters. The quantitative estimate of drug-likeness (QED) is 0.0901. The van der Waals surface area contributed by atoms with E-state index in [2.05, 4.69) is 31.1 Å². The summed E-state index contributed by atoms with van der Waals surface area (Å²) >= 11 is 5.73. The Hall–Kier alpha value is -3.81. The zero-order valence-electron chi connectivity index (χ0n) is 20.0.